The molecule has 0 unspecified atom stereocenters. The molecule has 0 aliphatic heterocycles. The fourth-order valence-corrected chi connectivity index (χ4v) is 2.01. The molecule has 0 atom stereocenters. The van der Waals surface area contributed by atoms with Crippen LogP contribution < -0.4 is 10.2 Å². The number of aromatic nitrogens is 2. The maximum Gasteiger partial charge on any atom is 0.326 e. The second kappa shape index (κ2) is 5.16. The van der Waals surface area contributed by atoms with Crippen molar-refractivity contribution in [1.82, 2.24) is 9.97 Å². The smallest absolute Gasteiger partial charge is 0.326 e. The van der Waals surface area contributed by atoms with Crippen LogP contribution in [0, 0.1) is 0 Å². The Kier molecular flexibility index (Phi) is 3.19. The van der Waals surface area contributed by atoms with E-state index in [0.29, 0.717) is 11.4 Å². The van der Waals surface area contributed by atoms with E-state index in [1.165, 1.54) is 17.0 Å². The summed E-state index contributed by atoms with van der Waals surface area (Å²) in [4.78, 5) is 20.8. The van der Waals surface area contributed by atoms with E-state index in [1.807, 2.05) is 12.1 Å². The quantitative estimate of drug-likeness (QED) is 0.676. The normalized spacial score (nSPS) is 10.5. The lowest BCUT2D eigenvalue weighted by atomic mass is 10.2. The molecule has 0 spiro atoms. The molecule has 0 saturated heterocycles. The predicted octanol–water partition coefficient (Wildman–Crippen LogP) is 2.94. The zero-order valence-corrected chi connectivity index (χ0v) is 11.4. The Bertz CT molecular complexity index is 780. The lowest BCUT2D eigenvalue weighted by Gasteiger charge is -2.18. The SMILES string of the molecule is CN(C(=O)Nc1ccc2nc[nH]c2c1)c1ccc(O)cc1. The lowest BCUT2D eigenvalue weighted by Crippen LogP contribution is -2.31. The van der Waals surface area contributed by atoms with Gasteiger partial charge in [0.15, 0.2) is 0 Å². The van der Waals surface area contributed by atoms with Gasteiger partial charge >= 0.3 is 6.03 Å². The zero-order valence-electron chi connectivity index (χ0n) is 11.4. The maximum atomic E-state index is 12.2. The molecule has 6 nitrogen and oxygen atoms in total. The minimum absolute atomic E-state index is 0.164. The molecule has 0 saturated carbocycles. The number of fused-ring (bicyclic) bond motifs is 1. The van der Waals surface area contributed by atoms with Gasteiger partial charge in [-0.05, 0) is 42.5 Å². The molecule has 106 valence electrons. The summed E-state index contributed by atoms with van der Waals surface area (Å²) in [7, 11) is 1.66. The van der Waals surface area contributed by atoms with Crippen LogP contribution in [0.2, 0.25) is 0 Å². The van der Waals surface area contributed by atoms with Crippen molar-refractivity contribution in [2.45, 2.75) is 0 Å². The highest BCUT2D eigenvalue weighted by Crippen LogP contribution is 2.19. The molecule has 2 amide bonds. The minimum atomic E-state index is -0.264. The molecule has 21 heavy (non-hydrogen) atoms. The summed E-state index contributed by atoms with van der Waals surface area (Å²) >= 11 is 0. The highest BCUT2D eigenvalue weighted by Gasteiger charge is 2.11. The molecule has 1 heterocycles. The van der Waals surface area contributed by atoms with Gasteiger partial charge in [0.05, 0.1) is 17.4 Å². The first kappa shape index (κ1) is 13.0. The molecule has 0 bridgehead atoms. The van der Waals surface area contributed by atoms with E-state index < -0.39 is 0 Å². The van der Waals surface area contributed by atoms with Crippen molar-refractivity contribution in [3.63, 3.8) is 0 Å². The number of anilines is 2. The van der Waals surface area contributed by atoms with Crippen molar-refractivity contribution in [3.8, 4) is 5.75 Å². The van der Waals surface area contributed by atoms with Crippen molar-refractivity contribution in [2.24, 2.45) is 0 Å². The van der Waals surface area contributed by atoms with Gasteiger partial charge in [-0.1, -0.05) is 0 Å². The van der Waals surface area contributed by atoms with Crippen LogP contribution in [0.4, 0.5) is 16.2 Å². The number of phenolic OH excluding ortho intramolecular Hbond substituents is 1. The van der Waals surface area contributed by atoms with Gasteiger partial charge in [-0.25, -0.2) is 9.78 Å². The minimum Gasteiger partial charge on any atom is -0.508 e. The Hall–Kier alpha value is -3.02. The lowest BCUT2D eigenvalue weighted by molar-refractivity contribution is 0.258. The van der Waals surface area contributed by atoms with Crippen LogP contribution in [-0.4, -0.2) is 28.2 Å². The van der Waals surface area contributed by atoms with Gasteiger partial charge in [-0.15, -0.1) is 0 Å². The Labute approximate surface area is 121 Å². The number of nitrogens with zero attached hydrogens (tertiary/aromatic N) is 2. The monoisotopic (exact) mass is 282 g/mol. The number of carbonyl (C=O) groups excluding carboxylic acids is 1. The number of hydrogen-bond donors (Lipinski definition) is 3. The molecule has 3 aromatic rings. The predicted molar refractivity (Wildman–Crippen MR) is 81.6 cm³/mol. The molecular weight excluding hydrogens is 268 g/mol. The summed E-state index contributed by atoms with van der Waals surface area (Å²) in [6.45, 7) is 0. The summed E-state index contributed by atoms with van der Waals surface area (Å²) < 4.78 is 0. The second-order valence-electron chi connectivity index (χ2n) is 4.64. The fourth-order valence-electron chi connectivity index (χ4n) is 2.01. The Balaban J connectivity index is 1.77. The van der Waals surface area contributed by atoms with E-state index in [2.05, 4.69) is 15.3 Å². The van der Waals surface area contributed by atoms with E-state index >= 15 is 0 Å². The second-order valence-corrected chi connectivity index (χ2v) is 4.64. The number of urea groups is 1. The molecule has 3 N–H and O–H groups in total. The number of amides is 2. The van der Waals surface area contributed by atoms with Crippen molar-refractivity contribution < 1.29 is 9.90 Å². The van der Waals surface area contributed by atoms with Crippen LogP contribution in [0.1, 0.15) is 0 Å². The molecule has 2 aromatic carbocycles. The number of rotatable bonds is 2. The molecule has 6 heteroatoms. The third kappa shape index (κ3) is 2.64. The first-order valence-corrected chi connectivity index (χ1v) is 6.40. The molecule has 0 fully saturated rings. The van der Waals surface area contributed by atoms with Gasteiger partial charge in [-0.2, -0.15) is 0 Å². The Morgan fingerprint density at radius 3 is 2.76 bits per heavy atom. The number of phenols is 1. The zero-order chi connectivity index (χ0) is 14.8. The van der Waals surface area contributed by atoms with E-state index in [0.717, 1.165) is 11.0 Å². The first-order valence-electron chi connectivity index (χ1n) is 6.40. The van der Waals surface area contributed by atoms with Gasteiger partial charge in [0, 0.05) is 18.4 Å². The third-order valence-electron chi connectivity index (χ3n) is 3.21. The summed E-state index contributed by atoms with van der Waals surface area (Å²) in [5.74, 6) is 0.164. The van der Waals surface area contributed by atoms with Crippen LogP contribution in [0.15, 0.2) is 48.8 Å². The summed E-state index contributed by atoms with van der Waals surface area (Å²) in [6, 6.07) is 11.6. The van der Waals surface area contributed by atoms with Crippen LogP contribution in [-0.2, 0) is 0 Å². The average Bonchev–Trinajstić information content (AvgIpc) is 2.95. The van der Waals surface area contributed by atoms with Crippen LogP contribution >= 0.6 is 0 Å². The molecule has 1 aromatic heterocycles. The van der Waals surface area contributed by atoms with Gasteiger partial charge in [0.1, 0.15) is 5.75 Å². The highest BCUT2D eigenvalue weighted by molar-refractivity contribution is 6.02. The van der Waals surface area contributed by atoms with Gasteiger partial charge < -0.3 is 15.4 Å². The summed E-state index contributed by atoms with van der Waals surface area (Å²) in [5.41, 5.74) is 3.08. The number of hydrogen-bond acceptors (Lipinski definition) is 3. The van der Waals surface area contributed by atoms with Crippen LogP contribution in [0.5, 0.6) is 5.75 Å². The number of imidazole rings is 1. The van der Waals surface area contributed by atoms with E-state index in [-0.39, 0.29) is 11.8 Å². The number of benzene rings is 2. The topological polar surface area (TPSA) is 81.2 Å². The van der Waals surface area contributed by atoms with Crippen LogP contribution in [0.25, 0.3) is 11.0 Å². The third-order valence-corrected chi connectivity index (χ3v) is 3.21. The Morgan fingerprint density at radius 2 is 2.00 bits per heavy atom. The molecule has 0 radical (unpaired) electrons. The van der Waals surface area contributed by atoms with Crippen molar-refractivity contribution >= 4 is 28.4 Å². The van der Waals surface area contributed by atoms with E-state index in [9.17, 15) is 9.90 Å². The highest BCUT2D eigenvalue weighted by atomic mass is 16.3. The maximum absolute atomic E-state index is 12.2. The van der Waals surface area contributed by atoms with E-state index in [1.54, 1.807) is 31.6 Å². The number of aromatic hydroxyl groups is 1. The Morgan fingerprint density at radius 1 is 1.24 bits per heavy atom. The number of aromatic amines is 1. The van der Waals surface area contributed by atoms with Crippen molar-refractivity contribution in [2.75, 3.05) is 17.3 Å². The molecule has 0 aliphatic rings. The van der Waals surface area contributed by atoms with Gasteiger partial charge in [0.25, 0.3) is 0 Å². The average molecular weight is 282 g/mol. The van der Waals surface area contributed by atoms with Crippen LogP contribution in [0.3, 0.4) is 0 Å². The summed E-state index contributed by atoms with van der Waals surface area (Å²) in [6.07, 6.45) is 1.61. The molecular formula is C15H14N4O2. The van der Waals surface area contributed by atoms with Gasteiger partial charge in [0.2, 0.25) is 0 Å². The standard InChI is InChI=1S/C15H14N4O2/c1-19(11-3-5-12(20)6-4-11)15(21)18-10-2-7-13-14(8-10)17-9-16-13/h2-9,20H,1H3,(H,16,17)(H,18,21). The van der Waals surface area contributed by atoms with E-state index in [4.69, 9.17) is 0 Å². The number of carbonyl (C=O) groups is 1. The first-order chi connectivity index (χ1) is 10.1. The fraction of sp³-hybridized carbons (Fsp3) is 0.0667. The largest absolute Gasteiger partial charge is 0.508 e. The molecule has 3 rings (SSSR count). The van der Waals surface area contributed by atoms with Crippen molar-refractivity contribution in [3.05, 3.63) is 48.8 Å². The number of nitrogens with one attached hydrogen (secondary N) is 2. The summed E-state index contributed by atoms with van der Waals surface area (Å²) in [5, 5.41) is 12.1. The van der Waals surface area contributed by atoms with Gasteiger partial charge in [-0.3, -0.25) is 4.90 Å². The van der Waals surface area contributed by atoms with Crippen molar-refractivity contribution in [1.29, 1.82) is 0 Å². The molecule has 0 aliphatic carbocycles. The number of H-pyrrole nitrogens is 1.